The summed E-state index contributed by atoms with van der Waals surface area (Å²) in [6, 6.07) is 5.32. The van der Waals surface area contributed by atoms with Crippen LogP contribution in [0.15, 0.2) is 36.7 Å². The molecule has 0 spiro atoms. The Bertz CT molecular complexity index is 2560. The van der Waals surface area contributed by atoms with Crippen molar-refractivity contribution in [1.82, 2.24) is 40.6 Å². The molecule has 5 rings (SSSR count). The van der Waals surface area contributed by atoms with Gasteiger partial charge in [0.1, 0.15) is 30.2 Å². The molecule has 0 saturated carbocycles. The molecule has 26 nitrogen and oxygen atoms in total. The number of hydrogen-bond acceptors (Lipinski definition) is 21. The molecule has 2 amide bonds. The summed E-state index contributed by atoms with van der Waals surface area (Å²) in [7, 11) is 1.58. The number of carbonyl (C=O) groups is 4. The summed E-state index contributed by atoms with van der Waals surface area (Å²) in [5.41, 5.74) is 2.48. The van der Waals surface area contributed by atoms with E-state index >= 15 is 0 Å². The van der Waals surface area contributed by atoms with E-state index in [1.165, 1.54) is 0 Å². The number of esters is 1. The highest BCUT2D eigenvalue weighted by Gasteiger charge is 2.56. The molecule has 31 heteroatoms. The maximum atomic E-state index is 13.7. The molecular formula is C50H67F5N8O18. The number of carboxylic acid groups (broad SMARTS) is 1. The largest absolute Gasteiger partial charge is 0.477 e. The van der Waals surface area contributed by atoms with Crippen molar-refractivity contribution in [2.75, 3.05) is 92.9 Å². The van der Waals surface area contributed by atoms with Gasteiger partial charge in [-0.2, -0.15) is 8.78 Å². The number of amides is 2. The minimum atomic E-state index is -2.49. The smallest absolute Gasteiger partial charge is 0.364 e. The lowest BCUT2D eigenvalue weighted by atomic mass is 9.88. The molecule has 7 N–H and O–H groups in total. The Hall–Kier alpha value is -6.23. The van der Waals surface area contributed by atoms with Crippen LogP contribution in [0.1, 0.15) is 49.8 Å². The predicted octanol–water partition coefficient (Wildman–Crippen LogP) is 0.523. The van der Waals surface area contributed by atoms with Crippen molar-refractivity contribution >= 4 is 23.8 Å². The van der Waals surface area contributed by atoms with Crippen molar-refractivity contribution in [1.29, 1.82) is 0 Å². The van der Waals surface area contributed by atoms with Gasteiger partial charge in [-0.15, -0.1) is 10.2 Å². The van der Waals surface area contributed by atoms with E-state index in [0.717, 1.165) is 12.8 Å². The summed E-state index contributed by atoms with van der Waals surface area (Å²) < 4.78 is 118. The van der Waals surface area contributed by atoms with Gasteiger partial charge in [-0.25, -0.2) is 22.6 Å². The fraction of sp³-hybridized carbons (Fsp3) is 0.600. The number of halogens is 5. The summed E-state index contributed by atoms with van der Waals surface area (Å²) in [4.78, 5) is 49.6. The number of methoxy groups -OCH3 is 1. The first-order valence-corrected chi connectivity index (χ1v) is 25.7. The first kappa shape index (κ1) is 65.6. The normalized spacial score (nSPS) is 17.9. The van der Waals surface area contributed by atoms with E-state index in [1.54, 1.807) is 53.1 Å². The van der Waals surface area contributed by atoms with Crippen molar-refractivity contribution in [3.8, 4) is 17.0 Å². The van der Waals surface area contributed by atoms with Crippen LogP contribution in [0.4, 0.5) is 22.0 Å². The van der Waals surface area contributed by atoms with Gasteiger partial charge in [0.05, 0.1) is 129 Å². The van der Waals surface area contributed by atoms with E-state index in [9.17, 15) is 66.7 Å². The Morgan fingerprint density at radius 1 is 0.741 bits per heavy atom. The maximum Gasteiger partial charge on any atom is 0.364 e. The molecule has 0 radical (unpaired) electrons. The van der Waals surface area contributed by atoms with Crippen LogP contribution in [0, 0.1) is 29.1 Å². The van der Waals surface area contributed by atoms with E-state index in [0.29, 0.717) is 68.3 Å². The molecule has 6 atom stereocenters. The summed E-state index contributed by atoms with van der Waals surface area (Å²) >= 11 is 0. The molecule has 0 aliphatic carbocycles. The van der Waals surface area contributed by atoms with Crippen LogP contribution < -0.4 is 15.4 Å². The molecular weight excluding hydrogens is 1100 g/mol. The molecule has 1 saturated heterocycles. The van der Waals surface area contributed by atoms with Gasteiger partial charge in [-0.05, 0) is 18.4 Å². The predicted molar refractivity (Wildman–Crippen MR) is 265 cm³/mol. The number of aliphatic carboxylic acids is 1. The molecule has 450 valence electrons. The molecule has 2 aromatic carbocycles. The van der Waals surface area contributed by atoms with Crippen molar-refractivity contribution in [3.05, 3.63) is 77.0 Å². The van der Waals surface area contributed by atoms with Gasteiger partial charge < -0.3 is 78.8 Å². The number of aromatic nitrogens is 6. The van der Waals surface area contributed by atoms with Gasteiger partial charge in [0.15, 0.2) is 0 Å². The Morgan fingerprint density at radius 2 is 1.35 bits per heavy atom. The number of aryl methyl sites for hydroxylation is 1. The van der Waals surface area contributed by atoms with Crippen LogP contribution in [0.25, 0.3) is 11.3 Å². The number of nitrogens with one attached hydrogen (secondary N) is 2. The average Bonchev–Trinajstić information content (AvgIpc) is 4.15. The van der Waals surface area contributed by atoms with E-state index in [-0.39, 0.29) is 65.9 Å². The number of carboxylic acids is 1. The van der Waals surface area contributed by atoms with E-state index in [1.807, 2.05) is 0 Å². The van der Waals surface area contributed by atoms with Crippen molar-refractivity contribution in [2.24, 2.45) is 0 Å². The van der Waals surface area contributed by atoms with Crippen molar-refractivity contribution < 1.29 is 109 Å². The van der Waals surface area contributed by atoms with E-state index < -0.39 is 121 Å². The van der Waals surface area contributed by atoms with Crippen molar-refractivity contribution in [2.45, 2.75) is 101 Å². The van der Waals surface area contributed by atoms with E-state index in [4.69, 9.17) is 37.9 Å². The molecule has 1 aliphatic rings. The van der Waals surface area contributed by atoms with Crippen LogP contribution in [0.3, 0.4) is 0 Å². The fourth-order valence-electron chi connectivity index (χ4n) is 7.80. The maximum absolute atomic E-state index is 13.7. The number of ether oxygens (including phenoxy) is 9. The SMILES string of the molecule is COCCOCc1cn(CCCCCCO[C@]2(C(=O)O)C[C@H](O)[C@@H](NC(=O)CO)[C@H]([C@H](O)[C@H](O)CNC(=O)Cc3ccc(-c4cn(CCOCCOCCOCCOCCC(=O)Oc5c(F)c(F)c(F)c(F)c5F)nn4)cc3)O2)nn1. The third-order valence-corrected chi connectivity index (χ3v) is 12.1. The number of rotatable bonds is 39. The van der Waals surface area contributed by atoms with Crippen LogP contribution in [-0.4, -0.2) is 208 Å². The van der Waals surface area contributed by atoms with Crippen LogP contribution in [0.2, 0.25) is 0 Å². The summed E-state index contributed by atoms with van der Waals surface area (Å²) in [6.07, 6.45) is -2.67. The van der Waals surface area contributed by atoms with Crippen LogP contribution in [0.5, 0.6) is 5.75 Å². The molecule has 4 aromatic rings. The monoisotopic (exact) mass is 1160 g/mol. The van der Waals surface area contributed by atoms with Gasteiger partial charge in [-0.1, -0.05) is 47.5 Å². The van der Waals surface area contributed by atoms with E-state index in [2.05, 4.69) is 36.0 Å². The summed E-state index contributed by atoms with van der Waals surface area (Å²) in [5.74, 6) is -20.0. The minimum Gasteiger partial charge on any atom is -0.477 e. The number of carbonyl (C=O) groups excluding carboxylic acids is 3. The third-order valence-electron chi connectivity index (χ3n) is 12.1. The zero-order chi connectivity index (χ0) is 58.7. The molecule has 1 aliphatic heterocycles. The summed E-state index contributed by atoms with van der Waals surface area (Å²) in [6.45, 7) is 1.53. The Morgan fingerprint density at radius 3 is 2.00 bits per heavy atom. The van der Waals surface area contributed by atoms with Crippen LogP contribution >= 0.6 is 0 Å². The highest BCUT2D eigenvalue weighted by Crippen LogP contribution is 2.34. The van der Waals surface area contributed by atoms with Gasteiger partial charge in [0.2, 0.25) is 46.6 Å². The molecule has 1 fully saturated rings. The Labute approximate surface area is 460 Å². The first-order valence-electron chi connectivity index (χ1n) is 25.7. The highest BCUT2D eigenvalue weighted by atomic mass is 19.2. The van der Waals surface area contributed by atoms with Gasteiger partial charge in [0.25, 0.3) is 5.79 Å². The quantitative estimate of drug-likeness (QED) is 0.00800. The van der Waals surface area contributed by atoms with Gasteiger partial charge in [-0.3, -0.25) is 19.1 Å². The lowest BCUT2D eigenvalue weighted by molar-refractivity contribution is -0.310. The zero-order valence-electron chi connectivity index (χ0n) is 44.2. The number of aliphatic hydroxyl groups is 4. The number of aliphatic hydroxyl groups excluding tert-OH is 4. The Balaban J connectivity index is 0.945. The zero-order valence-corrected chi connectivity index (χ0v) is 44.2. The second-order valence-corrected chi connectivity index (χ2v) is 18.1. The topological polar surface area (TPSA) is 338 Å². The fourth-order valence-corrected chi connectivity index (χ4v) is 7.80. The second kappa shape index (κ2) is 34.3. The lowest BCUT2D eigenvalue weighted by Gasteiger charge is -2.46. The third kappa shape index (κ3) is 20.9. The Kier molecular flexibility index (Phi) is 27.7. The minimum absolute atomic E-state index is 0.0207. The first-order chi connectivity index (χ1) is 39.0. The molecule has 81 heavy (non-hydrogen) atoms. The second-order valence-electron chi connectivity index (χ2n) is 18.1. The van der Waals surface area contributed by atoms with Crippen molar-refractivity contribution in [3.63, 3.8) is 0 Å². The molecule has 0 unspecified atom stereocenters. The summed E-state index contributed by atoms with van der Waals surface area (Å²) in [5, 5.41) is 74.4. The lowest BCUT2D eigenvalue weighted by Crippen LogP contribution is -2.68. The average molecular weight is 1160 g/mol. The van der Waals surface area contributed by atoms with Gasteiger partial charge >= 0.3 is 11.9 Å². The highest BCUT2D eigenvalue weighted by molar-refractivity contribution is 5.79. The number of benzene rings is 2. The molecule has 2 aromatic heterocycles. The number of hydrogen-bond donors (Lipinski definition) is 7. The molecule has 0 bridgehead atoms. The number of nitrogens with zero attached hydrogens (tertiary/aromatic N) is 6. The molecule has 3 heterocycles. The van der Waals surface area contributed by atoms with Gasteiger partial charge in [0, 0.05) is 32.2 Å². The standard InChI is InChI=1S/C50H67F5N8O18/c1-73-16-17-78-30-33-27-62(60-58-33)11-4-2-3-5-13-79-50(49(71)72)25-35(65)45(57-38(68)29-64)48(81-50)46(70)36(66)26-56-37(67)24-31-6-8-32(9-7-31)34-28-63(61-59-34)12-15-75-19-21-77-23-22-76-20-18-74-14-10-39(69)80-47-43(54)41(52)40(51)42(53)44(47)55/h6-9,27-28,35-36,45-46,48,64-66,70H,2-5,10-26,29-30H2,1H3,(H,56,67)(H,57,68)(H,71,72)/t35-,36+,45+,46+,48+,50+/m0/s1. The van der Waals surface area contributed by atoms with Crippen LogP contribution in [-0.2, 0) is 83.2 Å². The number of unbranched alkanes of at least 4 members (excludes halogenated alkanes) is 3.